The molecule has 1 atom stereocenters. The average molecular weight is 250 g/mol. The van der Waals surface area contributed by atoms with E-state index in [4.69, 9.17) is 10.00 Å². The molecule has 0 saturated carbocycles. The van der Waals surface area contributed by atoms with E-state index in [1.807, 2.05) is 6.07 Å². The Morgan fingerprint density at radius 1 is 1.26 bits per heavy atom. The van der Waals surface area contributed by atoms with Gasteiger partial charge in [-0.25, -0.2) is 4.98 Å². The molecule has 1 heterocycles. The molecular weight excluding hydrogens is 236 g/mol. The van der Waals surface area contributed by atoms with E-state index in [9.17, 15) is 0 Å². The summed E-state index contributed by atoms with van der Waals surface area (Å²) in [7, 11) is 0. The molecule has 2 aromatic rings. The average Bonchev–Trinajstić information content (AvgIpc) is 2.48. The van der Waals surface area contributed by atoms with Gasteiger partial charge in [0, 0.05) is 12.3 Å². The van der Waals surface area contributed by atoms with Gasteiger partial charge in [0.05, 0.1) is 11.6 Å². The molecule has 0 spiro atoms. The van der Waals surface area contributed by atoms with E-state index in [-0.39, 0.29) is 6.10 Å². The monoisotopic (exact) mass is 250 g/mol. The second kappa shape index (κ2) is 5.11. The number of nitrogens with zero attached hydrogens (tertiary/aromatic N) is 2. The number of benzene rings is 1. The molecule has 1 unspecified atom stereocenters. The van der Waals surface area contributed by atoms with Crippen molar-refractivity contribution in [1.82, 2.24) is 4.98 Å². The standard InChI is InChI=1S/C16H14N2O/c17-11-12-8-9-18-16(10-12)19-15-7-3-5-13-4-1-2-6-14(13)15/h1-2,4,6,8-10,15H,3,5,7H2. The lowest BCUT2D eigenvalue weighted by Crippen LogP contribution is -2.15. The third-order valence-corrected chi connectivity index (χ3v) is 3.44. The Labute approximate surface area is 112 Å². The summed E-state index contributed by atoms with van der Waals surface area (Å²) in [6, 6.07) is 13.9. The molecule has 1 aliphatic carbocycles. The summed E-state index contributed by atoms with van der Waals surface area (Å²) in [5, 5.41) is 8.89. The number of rotatable bonds is 2. The molecule has 1 aromatic carbocycles. The molecule has 3 heteroatoms. The maximum Gasteiger partial charge on any atom is 0.215 e. The van der Waals surface area contributed by atoms with Crippen LogP contribution in [0.5, 0.6) is 5.88 Å². The van der Waals surface area contributed by atoms with Gasteiger partial charge in [-0.3, -0.25) is 0 Å². The van der Waals surface area contributed by atoms with Crippen LogP contribution in [0.4, 0.5) is 0 Å². The molecule has 0 saturated heterocycles. The number of nitriles is 1. The third kappa shape index (κ3) is 2.43. The van der Waals surface area contributed by atoms with Crippen molar-refractivity contribution < 1.29 is 4.74 Å². The smallest absolute Gasteiger partial charge is 0.215 e. The zero-order chi connectivity index (χ0) is 13.1. The zero-order valence-corrected chi connectivity index (χ0v) is 10.5. The minimum Gasteiger partial charge on any atom is -0.469 e. The van der Waals surface area contributed by atoms with Gasteiger partial charge in [0.2, 0.25) is 5.88 Å². The molecule has 0 amide bonds. The van der Waals surface area contributed by atoms with E-state index in [2.05, 4.69) is 29.3 Å². The summed E-state index contributed by atoms with van der Waals surface area (Å²) in [5.41, 5.74) is 3.18. The number of fused-ring (bicyclic) bond motifs is 1. The van der Waals surface area contributed by atoms with Crippen LogP contribution in [0.2, 0.25) is 0 Å². The number of ether oxygens (including phenoxy) is 1. The van der Waals surface area contributed by atoms with E-state index in [0.717, 1.165) is 19.3 Å². The lowest BCUT2D eigenvalue weighted by molar-refractivity contribution is 0.176. The van der Waals surface area contributed by atoms with Gasteiger partial charge < -0.3 is 4.74 Å². The molecule has 0 fully saturated rings. The van der Waals surface area contributed by atoms with E-state index in [1.165, 1.54) is 11.1 Å². The first-order valence-electron chi connectivity index (χ1n) is 6.47. The van der Waals surface area contributed by atoms with Crippen LogP contribution in [0.25, 0.3) is 0 Å². The highest BCUT2D eigenvalue weighted by Gasteiger charge is 2.21. The highest BCUT2D eigenvalue weighted by molar-refractivity contribution is 5.34. The molecule has 0 radical (unpaired) electrons. The third-order valence-electron chi connectivity index (χ3n) is 3.44. The van der Waals surface area contributed by atoms with Gasteiger partial charge in [-0.05, 0) is 36.5 Å². The fourth-order valence-electron chi connectivity index (χ4n) is 2.52. The molecule has 0 N–H and O–H groups in total. The van der Waals surface area contributed by atoms with Crippen molar-refractivity contribution in [3.63, 3.8) is 0 Å². The van der Waals surface area contributed by atoms with Gasteiger partial charge >= 0.3 is 0 Å². The SMILES string of the molecule is N#Cc1ccnc(OC2CCCc3ccccc32)c1. The normalized spacial score (nSPS) is 17.3. The fourth-order valence-corrected chi connectivity index (χ4v) is 2.52. The second-order valence-corrected chi connectivity index (χ2v) is 4.69. The lowest BCUT2D eigenvalue weighted by atomic mass is 9.89. The van der Waals surface area contributed by atoms with Crippen molar-refractivity contribution in [1.29, 1.82) is 5.26 Å². The van der Waals surface area contributed by atoms with Crippen molar-refractivity contribution in [2.45, 2.75) is 25.4 Å². The number of pyridine rings is 1. The van der Waals surface area contributed by atoms with Crippen LogP contribution in [0.3, 0.4) is 0 Å². The predicted molar refractivity (Wildman–Crippen MR) is 71.7 cm³/mol. The van der Waals surface area contributed by atoms with Crippen LogP contribution in [0.15, 0.2) is 42.6 Å². The Morgan fingerprint density at radius 3 is 3.05 bits per heavy atom. The molecule has 94 valence electrons. The van der Waals surface area contributed by atoms with Gasteiger partial charge in [0.15, 0.2) is 0 Å². The van der Waals surface area contributed by atoms with Gasteiger partial charge in [-0.2, -0.15) is 5.26 Å². The Kier molecular flexibility index (Phi) is 3.16. The van der Waals surface area contributed by atoms with Crippen molar-refractivity contribution >= 4 is 0 Å². The van der Waals surface area contributed by atoms with Gasteiger partial charge in [-0.1, -0.05) is 24.3 Å². The highest BCUT2D eigenvalue weighted by atomic mass is 16.5. The Bertz CT molecular complexity index is 631. The summed E-state index contributed by atoms with van der Waals surface area (Å²) >= 11 is 0. The highest BCUT2D eigenvalue weighted by Crippen LogP contribution is 2.32. The van der Waals surface area contributed by atoms with Gasteiger partial charge in [0.1, 0.15) is 6.10 Å². The largest absolute Gasteiger partial charge is 0.469 e. The lowest BCUT2D eigenvalue weighted by Gasteiger charge is -2.25. The molecule has 3 nitrogen and oxygen atoms in total. The van der Waals surface area contributed by atoms with Crippen LogP contribution < -0.4 is 4.74 Å². The Morgan fingerprint density at radius 2 is 2.16 bits per heavy atom. The zero-order valence-electron chi connectivity index (χ0n) is 10.5. The van der Waals surface area contributed by atoms with Crippen molar-refractivity contribution in [3.8, 4) is 11.9 Å². The van der Waals surface area contributed by atoms with Crippen LogP contribution in [-0.4, -0.2) is 4.98 Å². The topological polar surface area (TPSA) is 45.9 Å². The Balaban J connectivity index is 1.86. The minimum atomic E-state index is 0.0476. The summed E-state index contributed by atoms with van der Waals surface area (Å²) < 4.78 is 5.96. The maximum atomic E-state index is 8.89. The van der Waals surface area contributed by atoms with Crippen LogP contribution in [0, 0.1) is 11.3 Å². The molecule has 3 rings (SSSR count). The quantitative estimate of drug-likeness (QED) is 0.820. The fraction of sp³-hybridized carbons (Fsp3) is 0.250. The van der Waals surface area contributed by atoms with E-state index in [0.29, 0.717) is 11.4 Å². The molecule has 0 bridgehead atoms. The first-order valence-corrected chi connectivity index (χ1v) is 6.47. The van der Waals surface area contributed by atoms with E-state index >= 15 is 0 Å². The number of aryl methyl sites for hydroxylation is 1. The van der Waals surface area contributed by atoms with Crippen LogP contribution in [0.1, 0.15) is 35.6 Å². The minimum absolute atomic E-state index is 0.0476. The first kappa shape index (κ1) is 11.7. The van der Waals surface area contributed by atoms with Crippen molar-refractivity contribution in [2.24, 2.45) is 0 Å². The molecule has 1 aliphatic rings. The summed E-state index contributed by atoms with van der Waals surface area (Å²) in [6.07, 6.45) is 4.89. The summed E-state index contributed by atoms with van der Waals surface area (Å²) in [4.78, 5) is 4.18. The van der Waals surface area contributed by atoms with Crippen molar-refractivity contribution in [2.75, 3.05) is 0 Å². The molecule has 19 heavy (non-hydrogen) atoms. The van der Waals surface area contributed by atoms with E-state index < -0.39 is 0 Å². The maximum absolute atomic E-state index is 8.89. The second-order valence-electron chi connectivity index (χ2n) is 4.69. The van der Waals surface area contributed by atoms with Gasteiger partial charge in [0.25, 0.3) is 0 Å². The summed E-state index contributed by atoms with van der Waals surface area (Å²) in [5.74, 6) is 0.528. The van der Waals surface area contributed by atoms with E-state index in [1.54, 1.807) is 18.3 Å². The van der Waals surface area contributed by atoms with Crippen molar-refractivity contribution in [3.05, 3.63) is 59.3 Å². The molecular formula is C16H14N2O. The number of hydrogen-bond acceptors (Lipinski definition) is 3. The predicted octanol–water partition coefficient (Wildman–Crippen LogP) is 3.41. The van der Waals surface area contributed by atoms with Crippen LogP contribution in [-0.2, 0) is 6.42 Å². The van der Waals surface area contributed by atoms with Gasteiger partial charge in [-0.15, -0.1) is 0 Å². The number of aromatic nitrogens is 1. The molecule has 0 aliphatic heterocycles. The summed E-state index contributed by atoms with van der Waals surface area (Å²) in [6.45, 7) is 0. The first-order chi connectivity index (χ1) is 9.36. The van der Waals surface area contributed by atoms with Crippen LogP contribution >= 0.6 is 0 Å². The number of hydrogen-bond donors (Lipinski definition) is 0. The molecule has 1 aromatic heterocycles. The Hall–Kier alpha value is -2.34.